The molecule has 0 saturated carbocycles. The third kappa shape index (κ3) is 24.2. The van der Waals surface area contributed by atoms with Gasteiger partial charge in [0.1, 0.15) is 0 Å². The summed E-state index contributed by atoms with van der Waals surface area (Å²) in [5.41, 5.74) is 0. The van der Waals surface area contributed by atoms with Gasteiger partial charge in [0.05, 0.1) is 6.61 Å². The first-order chi connectivity index (χ1) is 11.8. The van der Waals surface area contributed by atoms with Crippen LogP contribution in [0.2, 0.25) is 0 Å². The van der Waals surface area contributed by atoms with E-state index in [1.165, 1.54) is 70.6 Å². The summed E-state index contributed by atoms with van der Waals surface area (Å²) in [4.78, 5) is 11.4. The number of ether oxygens (including phenoxy) is 1. The number of allylic oxidation sites excluding steroid dienone is 2. The van der Waals surface area contributed by atoms with Gasteiger partial charge in [0.15, 0.2) is 0 Å². The van der Waals surface area contributed by atoms with E-state index in [4.69, 9.17) is 4.74 Å². The first-order valence-corrected chi connectivity index (χ1v) is 10.6. The minimum absolute atomic E-state index is 0. The zero-order valence-electron chi connectivity index (χ0n) is 17.5. The van der Waals surface area contributed by atoms with E-state index in [9.17, 15) is 4.79 Å². The molecule has 0 aromatic carbocycles. The second kappa shape index (κ2) is 24.2. The minimum Gasteiger partial charge on any atom is -0.466 e. The summed E-state index contributed by atoms with van der Waals surface area (Å²) in [6.45, 7) is 4.98. The van der Waals surface area contributed by atoms with Gasteiger partial charge in [-0.1, -0.05) is 83.8 Å². The molecule has 0 bridgehead atoms. The molecule has 0 aromatic rings. The van der Waals surface area contributed by atoms with E-state index >= 15 is 0 Å². The van der Waals surface area contributed by atoms with Crippen LogP contribution < -0.4 is 0 Å². The van der Waals surface area contributed by atoms with Gasteiger partial charge in [0.2, 0.25) is 0 Å². The van der Waals surface area contributed by atoms with E-state index in [1.807, 2.05) is 0 Å². The molecular weight excluding hydrogens is 319 g/mol. The fraction of sp³-hybridized carbons (Fsp3) is 0.864. The Bertz CT molecular complexity index is 290. The molecule has 0 N–H and O–H groups in total. The second-order valence-electron chi connectivity index (χ2n) is 6.91. The van der Waals surface area contributed by atoms with Gasteiger partial charge in [0, 0.05) is 36.0 Å². The molecular formula is C22H42NaO2. The quantitative estimate of drug-likeness (QED) is 0.114. The fourth-order valence-electron chi connectivity index (χ4n) is 2.74. The molecule has 2 nitrogen and oxygen atoms in total. The van der Waals surface area contributed by atoms with Crippen molar-refractivity contribution in [3.63, 3.8) is 0 Å². The standard InChI is InChI=1S/C22H42O2.Na/c1-3-5-7-8-9-10-11-12-13-14-15-16-17-18-19-20-22(23)24-21-6-4-2;/h12-13H,3-11,14-21H2,1-2H3;. The van der Waals surface area contributed by atoms with E-state index in [0.717, 1.165) is 25.7 Å². The van der Waals surface area contributed by atoms with Crippen molar-refractivity contribution in [3.8, 4) is 0 Å². The summed E-state index contributed by atoms with van der Waals surface area (Å²) in [6, 6.07) is 0. The summed E-state index contributed by atoms with van der Waals surface area (Å²) in [6.07, 6.45) is 24.1. The van der Waals surface area contributed by atoms with Gasteiger partial charge in [-0.3, -0.25) is 4.79 Å². The minimum atomic E-state index is -0.0129. The van der Waals surface area contributed by atoms with Crippen molar-refractivity contribution in [2.75, 3.05) is 6.61 Å². The molecule has 0 atom stereocenters. The molecule has 1 radical (unpaired) electrons. The Labute approximate surface area is 179 Å². The van der Waals surface area contributed by atoms with Gasteiger partial charge in [-0.15, -0.1) is 0 Å². The SMILES string of the molecule is CCCCCCCCC=CCCCCCCCC(=O)OCCCC.[Na]. The summed E-state index contributed by atoms with van der Waals surface area (Å²) in [5.74, 6) is -0.0129. The van der Waals surface area contributed by atoms with Crippen LogP contribution in [0.1, 0.15) is 117 Å². The number of unbranched alkanes of at least 4 members (excludes halogenated alkanes) is 12. The third-order valence-electron chi connectivity index (χ3n) is 4.40. The molecule has 0 aromatic heterocycles. The van der Waals surface area contributed by atoms with E-state index in [2.05, 4.69) is 26.0 Å². The predicted octanol–water partition coefficient (Wildman–Crippen LogP) is 6.99. The Morgan fingerprint density at radius 1 is 0.680 bits per heavy atom. The number of hydrogen-bond donors (Lipinski definition) is 0. The summed E-state index contributed by atoms with van der Waals surface area (Å²) >= 11 is 0. The molecule has 143 valence electrons. The predicted molar refractivity (Wildman–Crippen MR) is 111 cm³/mol. The topological polar surface area (TPSA) is 26.3 Å². The van der Waals surface area contributed by atoms with Crippen LogP contribution in [0.5, 0.6) is 0 Å². The molecule has 0 spiro atoms. The zero-order valence-corrected chi connectivity index (χ0v) is 19.5. The first kappa shape index (κ1) is 27.4. The number of esters is 1. The van der Waals surface area contributed by atoms with Crippen LogP contribution >= 0.6 is 0 Å². The van der Waals surface area contributed by atoms with Gasteiger partial charge in [0.25, 0.3) is 0 Å². The number of carbonyl (C=O) groups is 1. The Hall–Kier alpha value is 0.210. The first-order valence-electron chi connectivity index (χ1n) is 10.6. The van der Waals surface area contributed by atoms with Gasteiger partial charge >= 0.3 is 5.97 Å². The molecule has 25 heavy (non-hydrogen) atoms. The Morgan fingerprint density at radius 3 is 1.72 bits per heavy atom. The van der Waals surface area contributed by atoms with Crippen molar-refractivity contribution in [3.05, 3.63) is 12.2 Å². The van der Waals surface area contributed by atoms with Crippen LogP contribution in [0.4, 0.5) is 0 Å². The van der Waals surface area contributed by atoms with Crippen LogP contribution in [-0.4, -0.2) is 42.1 Å². The van der Waals surface area contributed by atoms with E-state index in [-0.39, 0.29) is 35.5 Å². The maximum absolute atomic E-state index is 11.4. The number of rotatable bonds is 18. The van der Waals surface area contributed by atoms with Crippen LogP contribution in [0, 0.1) is 0 Å². The van der Waals surface area contributed by atoms with Crippen molar-refractivity contribution in [1.82, 2.24) is 0 Å². The van der Waals surface area contributed by atoms with E-state index in [1.54, 1.807) is 0 Å². The average Bonchev–Trinajstić information content (AvgIpc) is 2.58. The van der Waals surface area contributed by atoms with Crippen LogP contribution in [-0.2, 0) is 9.53 Å². The van der Waals surface area contributed by atoms with Crippen molar-refractivity contribution >= 4 is 35.5 Å². The van der Waals surface area contributed by atoms with Crippen molar-refractivity contribution in [1.29, 1.82) is 0 Å². The molecule has 0 aliphatic carbocycles. The molecule has 3 heteroatoms. The molecule has 0 saturated heterocycles. The van der Waals surface area contributed by atoms with E-state index < -0.39 is 0 Å². The maximum atomic E-state index is 11.4. The molecule has 0 heterocycles. The van der Waals surface area contributed by atoms with Gasteiger partial charge < -0.3 is 4.74 Å². The third-order valence-corrected chi connectivity index (χ3v) is 4.40. The van der Waals surface area contributed by atoms with Crippen molar-refractivity contribution < 1.29 is 9.53 Å². The van der Waals surface area contributed by atoms with Gasteiger partial charge in [-0.2, -0.15) is 0 Å². The van der Waals surface area contributed by atoms with Gasteiger partial charge in [-0.25, -0.2) is 0 Å². The largest absolute Gasteiger partial charge is 0.466 e. The van der Waals surface area contributed by atoms with Crippen LogP contribution in [0.25, 0.3) is 0 Å². The normalized spacial score (nSPS) is 10.8. The summed E-state index contributed by atoms with van der Waals surface area (Å²) < 4.78 is 5.15. The zero-order chi connectivity index (χ0) is 17.7. The second-order valence-corrected chi connectivity index (χ2v) is 6.91. The average molecular weight is 362 g/mol. The Kier molecular flexibility index (Phi) is 26.6. The number of carbonyl (C=O) groups excluding carboxylic acids is 1. The van der Waals surface area contributed by atoms with E-state index in [0.29, 0.717) is 13.0 Å². The van der Waals surface area contributed by atoms with Crippen LogP contribution in [0.3, 0.4) is 0 Å². The Balaban J connectivity index is 0. The summed E-state index contributed by atoms with van der Waals surface area (Å²) in [7, 11) is 0. The van der Waals surface area contributed by atoms with Crippen LogP contribution in [0.15, 0.2) is 12.2 Å². The molecule has 0 aliphatic rings. The fourth-order valence-corrected chi connectivity index (χ4v) is 2.74. The molecule has 0 fully saturated rings. The van der Waals surface area contributed by atoms with Gasteiger partial charge in [-0.05, 0) is 38.5 Å². The monoisotopic (exact) mass is 361 g/mol. The summed E-state index contributed by atoms with van der Waals surface area (Å²) in [5, 5.41) is 0. The molecule has 0 aliphatic heterocycles. The number of hydrogen-bond acceptors (Lipinski definition) is 2. The van der Waals surface area contributed by atoms with Crippen molar-refractivity contribution in [2.24, 2.45) is 0 Å². The smallest absolute Gasteiger partial charge is 0.305 e. The molecule has 0 amide bonds. The Morgan fingerprint density at radius 2 is 1.16 bits per heavy atom. The molecule has 0 unspecified atom stereocenters. The maximum Gasteiger partial charge on any atom is 0.305 e. The van der Waals surface area contributed by atoms with Crippen molar-refractivity contribution in [2.45, 2.75) is 117 Å². The molecule has 0 rings (SSSR count).